The van der Waals surface area contributed by atoms with Gasteiger partial charge in [0.2, 0.25) is 0 Å². The summed E-state index contributed by atoms with van der Waals surface area (Å²) < 4.78 is 68.3. The second-order valence-corrected chi connectivity index (χ2v) is 8.48. The van der Waals surface area contributed by atoms with E-state index in [1.807, 2.05) is 6.92 Å². The number of rotatable bonds is 6. The van der Waals surface area contributed by atoms with E-state index in [0.717, 1.165) is 10.6 Å². The van der Waals surface area contributed by atoms with Crippen molar-refractivity contribution < 1.29 is 31.9 Å². The summed E-state index contributed by atoms with van der Waals surface area (Å²) in [6, 6.07) is 14.5. The highest BCUT2D eigenvalue weighted by Gasteiger charge is 2.43. The zero-order chi connectivity index (χ0) is 25.3. The predicted molar refractivity (Wildman–Crippen MR) is 122 cm³/mol. The number of nitrogens with zero attached hydrogens (tertiary/aromatic N) is 2. The minimum Gasteiger partial charge on any atom is -0.481 e. The molecule has 1 N–H and O–H groups in total. The molecule has 1 atom stereocenters. The second kappa shape index (κ2) is 9.48. The third-order valence-electron chi connectivity index (χ3n) is 5.82. The normalized spacial score (nSPS) is 15.9. The van der Waals surface area contributed by atoms with E-state index in [1.165, 1.54) is 24.3 Å². The largest absolute Gasteiger partial charge is 0.481 e. The molecule has 0 bridgehead atoms. The number of hydrogen-bond acceptors (Lipinski definition) is 3. The average Bonchev–Trinajstić information content (AvgIpc) is 3.21. The first-order valence-electron chi connectivity index (χ1n) is 10.8. The Bertz CT molecular complexity index is 1290. The van der Waals surface area contributed by atoms with E-state index >= 15 is 0 Å². The zero-order valence-corrected chi connectivity index (χ0v) is 18.6. The third-order valence-corrected chi connectivity index (χ3v) is 5.82. The number of halogens is 5. The van der Waals surface area contributed by atoms with Crippen LogP contribution in [0.15, 0.2) is 65.8 Å². The van der Waals surface area contributed by atoms with E-state index in [4.69, 9.17) is 5.11 Å². The minimum atomic E-state index is -4.64. The number of aryl methyl sites for hydroxylation is 1. The lowest BCUT2D eigenvalue weighted by Gasteiger charge is -2.22. The molecule has 0 spiro atoms. The first-order valence-corrected chi connectivity index (χ1v) is 10.8. The third kappa shape index (κ3) is 5.50. The number of aliphatic carboxylic acids is 1. The number of benzene rings is 3. The summed E-state index contributed by atoms with van der Waals surface area (Å²) in [5.41, 5.74) is 1.92. The van der Waals surface area contributed by atoms with Gasteiger partial charge in [0.15, 0.2) is 0 Å². The predicted octanol–water partition coefficient (Wildman–Crippen LogP) is 6.50. The van der Waals surface area contributed by atoms with Crippen LogP contribution in [0.3, 0.4) is 0 Å². The molecule has 1 aliphatic rings. The van der Waals surface area contributed by atoms with E-state index in [1.54, 1.807) is 36.4 Å². The van der Waals surface area contributed by atoms with Crippen molar-refractivity contribution in [1.82, 2.24) is 0 Å². The summed E-state index contributed by atoms with van der Waals surface area (Å²) in [5.74, 6) is -2.18. The molecule has 1 heterocycles. The fourth-order valence-corrected chi connectivity index (χ4v) is 4.07. The summed E-state index contributed by atoms with van der Waals surface area (Å²) in [6.07, 6.45) is -5.45. The molecule has 3 aromatic rings. The van der Waals surface area contributed by atoms with Crippen molar-refractivity contribution in [3.63, 3.8) is 0 Å². The van der Waals surface area contributed by atoms with Crippen LogP contribution in [0.4, 0.5) is 27.6 Å². The minimum absolute atomic E-state index is 0.207. The van der Waals surface area contributed by atoms with Gasteiger partial charge in [-0.15, -0.1) is 0 Å². The Labute approximate surface area is 198 Å². The van der Waals surface area contributed by atoms with Gasteiger partial charge in [-0.1, -0.05) is 35.9 Å². The van der Waals surface area contributed by atoms with Gasteiger partial charge in [-0.05, 0) is 53.9 Å². The quantitative estimate of drug-likeness (QED) is 0.403. The molecule has 0 radical (unpaired) electrons. The number of anilines is 1. The molecule has 0 aliphatic carbocycles. The van der Waals surface area contributed by atoms with Gasteiger partial charge < -0.3 is 5.11 Å². The van der Waals surface area contributed by atoms with Gasteiger partial charge in [0.25, 0.3) is 0 Å². The maximum atomic E-state index is 14.8. The monoisotopic (exact) mass is 488 g/mol. The van der Waals surface area contributed by atoms with Crippen LogP contribution >= 0.6 is 0 Å². The Balaban J connectivity index is 1.54. The van der Waals surface area contributed by atoms with E-state index < -0.39 is 48.4 Å². The van der Waals surface area contributed by atoms with Crippen LogP contribution in [0.2, 0.25) is 0 Å². The van der Waals surface area contributed by atoms with Gasteiger partial charge in [0.05, 0.1) is 18.2 Å². The molecule has 0 saturated heterocycles. The lowest BCUT2D eigenvalue weighted by atomic mass is 9.98. The first kappa shape index (κ1) is 24.4. The number of carboxylic acid groups (broad SMARTS) is 1. The molecule has 1 aliphatic heterocycles. The molecule has 0 amide bonds. The molecule has 9 heteroatoms. The van der Waals surface area contributed by atoms with Crippen LogP contribution in [0.1, 0.15) is 29.5 Å². The number of hydrazone groups is 1. The van der Waals surface area contributed by atoms with Crippen LogP contribution < -0.4 is 5.01 Å². The average molecular weight is 488 g/mol. The maximum Gasteiger partial charge on any atom is 0.431 e. The van der Waals surface area contributed by atoms with E-state index in [9.17, 15) is 26.7 Å². The Kier molecular flexibility index (Phi) is 6.60. The second-order valence-electron chi connectivity index (χ2n) is 8.48. The highest BCUT2D eigenvalue weighted by molar-refractivity contribution is 5.94. The summed E-state index contributed by atoms with van der Waals surface area (Å²) in [6.45, 7) is 1.82. The van der Waals surface area contributed by atoms with Crippen LogP contribution in [0.5, 0.6) is 0 Å². The van der Waals surface area contributed by atoms with E-state index in [2.05, 4.69) is 5.10 Å². The fraction of sp³-hybridized carbons (Fsp3) is 0.231. The van der Waals surface area contributed by atoms with Crippen molar-refractivity contribution in [3.05, 3.63) is 89.0 Å². The standard InChI is InChI=1S/C26H21F5N2O2/c1-15-2-9-22(27)21(10-15)17-5-6-18(23(28)12-17)11-16-3-7-19(8-4-16)33-20(14-25(34)35)13-24(32-33)26(29,30)31/h2-10,12,20H,11,13-14H2,1H3,(H,34,35). The molecule has 0 fully saturated rings. The van der Waals surface area contributed by atoms with Crippen molar-refractivity contribution in [2.75, 3.05) is 5.01 Å². The van der Waals surface area contributed by atoms with Crippen LogP contribution in [0.25, 0.3) is 11.1 Å². The summed E-state index contributed by atoms with van der Waals surface area (Å²) >= 11 is 0. The zero-order valence-electron chi connectivity index (χ0n) is 18.6. The van der Waals surface area contributed by atoms with Crippen LogP contribution in [-0.4, -0.2) is 29.0 Å². The Morgan fingerprint density at radius 3 is 2.37 bits per heavy atom. The molecular formula is C26H21F5N2O2. The van der Waals surface area contributed by atoms with Gasteiger partial charge in [0.1, 0.15) is 17.3 Å². The number of alkyl halides is 3. The molecule has 1 unspecified atom stereocenters. The van der Waals surface area contributed by atoms with Crippen molar-refractivity contribution >= 4 is 17.4 Å². The molecule has 4 rings (SSSR count). The van der Waals surface area contributed by atoms with Crippen molar-refractivity contribution in [2.24, 2.45) is 5.10 Å². The maximum absolute atomic E-state index is 14.8. The lowest BCUT2D eigenvalue weighted by molar-refractivity contribution is -0.137. The SMILES string of the molecule is Cc1ccc(F)c(-c2ccc(Cc3ccc(N4N=C(C(F)(F)F)CC4CC(=O)O)cc3)c(F)c2)c1. The van der Waals surface area contributed by atoms with Gasteiger partial charge in [0, 0.05) is 18.4 Å². The summed E-state index contributed by atoms with van der Waals surface area (Å²) in [5, 5.41) is 13.8. The Morgan fingerprint density at radius 2 is 1.74 bits per heavy atom. The first-order chi connectivity index (χ1) is 16.5. The lowest BCUT2D eigenvalue weighted by Crippen LogP contribution is -2.29. The highest BCUT2D eigenvalue weighted by Crippen LogP contribution is 2.33. The van der Waals surface area contributed by atoms with E-state index in [0.29, 0.717) is 27.9 Å². The van der Waals surface area contributed by atoms with Gasteiger partial charge in [-0.2, -0.15) is 18.3 Å². The van der Waals surface area contributed by atoms with Crippen molar-refractivity contribution in [1.29, 1.82) is 0 Å². The van der Waals surface area contributed by atoms with Crippen LogP contribution in [-0.2, 0) is 11.2 Å². The Morgan fingerprint density at radius 1 is 1.03 bits per heavy atom. The topological polar surface area (TPSA) is 52.9 Å². The van der Waals surface area contributed by atoms with Crippen LogP contribution in [0, 0.1) is 18.6 Å². The van der Waals surface area contributed by atoms with Gasteiger partial charge in [-0.3, -0.25) is 9.80 Å². The smallest absolute Gasteiger partial charge is 0.431 e. The number of carbonyl (C=O) groups is 1. The summed E-state index contributed by atoms with van der Waals surface area (Å²) in [7, 11) is 0. The van der Waals surface area contributed by atoms with Crippen molar-refractivity contribution in [3.8, 4) is 11.1 Å². The molecule has 3 aromatic carbocycles. The van der Waals surface area contributed by atoms with Crippen molar-refractivity contribution in [2.45, 2.75) is 38.4 Å². The molecule has 35 heavy (non-hydrogen) atoms. The summed E-state index contributed by atoms with van der Waals surface area (Å²) in [4.78, 5) is 11.1. The van der Waals surface area contributed by atoms with E-state index in [-0.39, 0.29) is 6.42 Å². The molecular weight excluding hydrogens is 467 g/mol. The van der Waals surface area contributed by atoms with Gasteiger partial charge >= 0.3 is 12.1 Å². The highest BCUT2D eigenvalue weighted by atomic mass is 19.4. The molecule has 0 aromatic heterocycles. The molecule has 4 nitrogen and oxygen atoms in total. The van der Waals surface area contributed by atoms with Gasteiger partial charge in [-0.25, -0.2) is 8.78 Å². The Hall–Kier alpha value is -3.75. The number of hydrogen-bond donors (Lipinski definition) is 1. The fourth-order valence-electron chi connectivity index (χ4n) is 4.07. The number of carboxylic acids is 1. The molecule has 0 saturated carbocycles. The molecule has 182 valence electrons.